The van der Waals surface area contributed by atoms with Crippen LogP contribution in [0.1, 0.15) is 6.92 Å². The number of imidazole rings is 1. The first-order valence-electron chi connectivity index (χ1n) is 6.17. The van der Waals surface area contributed by atoms with Crippen molar-refractivity contribution in [3.8, 4) is 0 Å². The zero-order valence-electron chi connectivity index (χ0n) is 11.6. The van der Waals surface area contributed by atoms with Gasteiger partial charge in [-0.1, -0.05) is 23.9 Å². The largest absolute Gasteiger partial charge is 0.369 e. The average Bonchev–Trinajstić information content (AvgIpc) is 2.79. The Morgan fingerprint density at radius 3 is 2.81 bits per heavy atom. The van der Waals surface area contributed by atoms with Gasteiger partial charge in [0.05, 0.1) is 5.75 Å². The highest BCUT2D eigenvalue weighted by Crippen LogP contribution is 2.21. The van der Waals surface area contributed by atoms with Crippen LogP contribution in [0.5, 0.6) is 0 Å². The summed E-state index contributed by atoms with van der Waals surface area (Å²) in [5.74, 6) is -0.433. The van der Waals surface area contributed by atoms with Gasteiger partial charge in [-0.3, -0.25) is 19.1 Å². The molecule has 0 bridgehead atoms. The van der Waals surface area contributed by atoms with E-state index in [1.165, 1.54) is 11.6 Å². The summed E-state index contributed by atoms with van der Waals surface area (Å²) in [4.78, 5) is 41.1. The molecule has 2 aromatic rings. The number of H-pyrrole nitrogens is 1. The van der Waals surface area contributed by atoms with Crippen LogP contribution in [0.15, 0.2) is 26.9 Å². The highest BCUT2D eigenvalue weighted by atomic mass is 32.2. The lowest BCUT2D eigenvalue weighted by atomic mass is 10.4. The van der Waals surface area contributed by atoms with Crippen LogP contribution >= 0.6 is 11.8 Å². The van der Waals surface area contributed by atoms with Gasteiger partial charge < -0.3 is 10.3 Å². The highest BCUT2D eigenvalue weighted by Gasteiger charge is 2.17. The average molecular weight is 309 g/mol. The van der Waals surface area contributed by atoms with Crippen molar-refractivity contribution >= 4 is 28.8 Å². The third kappa shape index (κ3) is 2.92. The number of allylic oxidation sites excluding steroid dienone is 2. The summed E-state index contributed by atoms with van der Waals surface area (Å²) in [5.41, 5.74) is 4.67. The second-order valence-electron chi connectivity index (χ2n) is 4.32. The van der Waals surface area contributed by atoms with Gasteiger partial charge in [-0.05, 0) is 6.92 Å². The Labute approximate surface area is 123 Å². The minimum Gasteiger partial charge on any atom is -0.369 e. The van der Waals surface area contributed by atoms with Crippen LogP contribution in [0.4, 0.5) is 0 Å². The Morgan fingerprint density at radius 2 is 2.19 bits per heavy atom. The number of hydrogen-bond acceptors (Lipinski definition) is 5. The summed E-state index contributed by atoms with van der Waals surface area (Å²) in [6.07, 6.45) is 3.69. The third-order valence-electron chi connectivity index (χ3n) is 2.84. The molecule has 2 rings (SSSR count). The number of carbonyl (C=O) groups is 1. The summed E-state index contributed by atoms with van der Waals surface area (Å²) in [6.45, 7) is 2.27. The SMILES string of the molecule is C/C=C/Cn1c(SCC(N)=O)nc2c1c(=O)[nH]c(=O)n2C. The summed E-state index contributed by atoms with van der Waals surface area (Å²) in [5, 5.41) is 0.466. The van der Waals surface area contributed by atoms with E-state index >= 15 is 0 Å². The number of nitrogens with zero attached hydrogens (tertiary/aromatic N) is 3. The normalized spacial score (nSPS) is 11.5. The van der Waals surface area contributed by atoms with E-state index in [4.69, 9.17) is 5.73 Å². The maximum absolute atomic E-state index is 12.0. The van der Waals surface area contributed by atoms with Gasteiger partial charge in [0.25, 0.3) is 5.56 Å². The Balaban J connectivity index is 2.69. The molecule has 1 amide bonds. The Hall–Kier alpha value is -2.29. The summed E-state index contributed by atoms with van der Waals surface area (Å²) in [7, 11) is 1.52. The van der Waals surface area contributed by atoms with Crippen molar-refractivity contribution in [1.82, 2.24) is 19.1 Å². The lowest BCUT2D eigenvalue weighted by Crippen LogP contribution is -2.29. The van der Waals surface area contributed by atoms with Gasteiger partial charge in [-0.2, -0.15) is 0 Å². The summed E-state index contributed by atoms with van der Waals surface area (Å²) in [6, 6.07) is 0. The predicted molar refractivity (Wildman–Crippen MR) is 80.3 cm³/mol. The van der Waals surface area contributed by atoms with E-state index in [9.17, 15) is 14.4 Å². The summed E-state index contributed by atoms with van der Waals surface area (Å²) < 4.78 is 2.92. The van der Waals surface area contributed by atoms with E-state index in [0.717, 1.165) is 11.8 Å². The zero-order valence-corrected chi connectivity index (χ0v) is 12.4. The molecule has 0 atom stereocenters. The predicted octanol–water partition coefficient (Wildman–Crippen LogP) is -0.423. The van der Waals surface area contributed by atoms with Crippen LogP contribution in [-0.4, -0.2) is 30.8 Å². The van der Waals surface area contributed by atoms with E-state index in [2.05, 4.69) is 9.97 Å². The molecule has 0 fully saturated rings. The van der Waals surface area contributed by atoms with Gasteiger partial charge in [0, 0.05) is 13.6 Å². The molecule has 3 N–H and O–H groups in total. The number of nitrogens with one attached hydrogen (secondary N) is 1. The van der Waals surface area contributed by atoms with E-state index < -0.39 is 17.2 Å². The van der Waals surface area contributed by atoms with Gasteiger partial charge in [-0.25, -0.2) is 9.78 Å². The number of thioether (sulfide) groups is 1. The lowest BCUT2D eigenvalue weighted by Gasteiger charge is -2.04. The van der Waals surface area contributed by atoms with Gasteiger partial charge in [0.1, 0.15) is 0 Å². The molecule has 112 valence electrons. The molecule has 0 unspecified atom stereocenters. The molecule has 0 aliphatic rings. The molecule has 0 saturated carbocycles. The van der Waals surface area contributed by atoms with Crippen LogP contribution in [0.3, 0.4) is 0 Å². The highest BCUT2D eigenvalue weighted by molar-refractivity contribution is 7.99. The minimum atomic E-state index is -0.533. The summed E-state index contributed by atoms with van der Waals surface area (Å²) >= 11 is 1.13. The van der Waals surface area contributed by atoms with Crippen LogP contribution in [0.25, 0.3) is 11.2 Å². The lowest BCUT2D eigenvalue weighted by molar-refractivity contribution is -0.115. The standard InChI is InChI=1S/C12H15N5O3S/c1-3-4-5-17-8-9(14-12(17)21-6-7(13)18)16(2)11(20)15-10(8)19/h3-4H,5-6H2,1-2H3,(H2,13,18)(H,15,19,20)/b4-3+. The number of rotatable bonds is 5. The molecule has 21 heavy (non-hydrogen) atoms. The molecule has 0 spiro atoms. The fourth-order valence-electron chi connectivity index (χ4n) is 1.84. The van der Waals surface area contributed by atoms with Crippen LogP contribution in [-0.2, 0) is 18.4 Å². The number of aromatic nitrogens is 4. The molecule has 2 heterocycles. The van der Waals surface area contributed by atoms with Gasteiger partial charge in [0.15, 0.2) is 16.3 Å². The second kappa shape index (κ2) is 6.00. The van der Waals surface area contributed by atoms with Crippen LogP contribution < -0.4 is 17.0 Å². The fourth-order valence-corrected chi connectivity index (χ4v) is 2.58. The maximum atomic E-state index is 12.0. The molecule has 0 saturated heterocycles. The number of primary amides is 1. The van der Waals surface area contributed by atoms with Crippen molar-refractivity contribution in [3.63, 3.8) is 0 Å². The fraction of sp³-hybridized carbons (Fsp3) is 0.333. The van der Waals surface area contributed by atoms with Crippen molar-refractivity contribution in [2.75, 3.05) is 5.75 Å². The first-order chi connectivity index (χ1) is 9.95. The number of carbonyl (C=O) groups excluding carboxylic acids is 1. The second-order valence-corrected chi connectivity index (χ2v) is 5.26. The monoisotopic (exact) mass is 309 g/mol. The number of hydrogen-bond donors (Lipinski definition) is 2. The van der Waals surface area contributed by atoms with Gasteiger partial charge in [0.2, 0.25) is 5.91 Å². The number of nitrogens with two attached hydrogens (primary N) is 1. The number of aryl methyl sites for hydroxylation is 1. The van der Waals surface area contributed by atoms with Crippen LogP contribution in [0.2, 0.25) is 0 Å². The van der Waals surface area contributed by atoms with E-state index in [-0.39, 0.29) is 11.4 Å². The number of fused-ring (bicyclic) bond motifs is 1. The molecule has 9 heteroatoms. The molecule has 0 radical (unpaired) electrons. The molecule has 0 aromatic carbocycles. The van der Waals surface area contributed by atoms with Crippen molar-refractivity contribution < 1.29 is 4.79 Å². The molecular weight excluding hydrogens is 294 g/mol. The van der Waals surface area contributed by atoms with Gasteiger partial charge >= 0.3 is 5.69 Å². The van der Waals surface area contributed by atoms with Crippen molar-refractivity contribution in [3.05, 3.63) is 33.0 Å². The van der Waals surface area contributed by atoms with Crippen molar-refractivity contribution in [2.24, 2.45) is 12.8 Å². The van der Waals surface area contributed by atoms with Crippen molar-refractivity contribution in [1.29, 1.82) is 0 Å². The maximum Gasteiger partial charge on any atom is 0.329 e. The first kappa shape index (κ1) is 15.1. The molecule has 0 aliphatic heterocycles. The van der Waals surface area contributed by atoms with E-state index in [1.807, 2.05) is 19.1 Å². The first-order valence-corrected chi connectivity index (χ1v) is 7.16. The molecule has 0 aliphatic carbocycles. The Bertz CT molecular complexity index is 830. The molecule has 2 aromatic heterocycles. The van der Waals surface area contributed by atoms with E-state index in [0.29, 0.717) is 17.2 Å². The number of amides is 1. The smallest absolute Gasteiger partial charge is 0.329 e. The molecular formula is C12H15N5O3S. The zero-order chi connectivity index (χ0) is 15.6. The minimum absolute atomic E-state index is 0.0466. The topological polar surface area (TPSA) is 116 Å². The quantitative estimate of drug-likeness (QED) is 0.574. The number of aromatic amines is 1. The van der Waals surface area contributed by atoms with Gasteiger partial charge in [-0.15, -0.1) is 0 Å². The Kier molecular flexibility index (Phi) is 4.32. The molecule has 8 nitrogen and oxygen atoms in total. The third-order valence-corrected chi connectivity index (χ3v) is 3.84. The van der Waals surface area contributed by atoms with Crippen molar-refractivity contribution in [2.45, 2.75) is 18.6 Å². The van der Waals surface area contributed by atoms with Crippen LogP contribution in [0, 0.1) is 0 Å². The Morgan fingerprint density at radius 1 is 1.48 bits per heavy atom. The van der Waals surface area contributed by atoms with E-state index in [1.54, 1.807) is 4.57 Å².